The summed E-state index contributed by atoms with van der Waals surface area (Å²) in [6.45, 7) is 18.7. The van der Waals surface area contributed by atoms with Crippen LogP contribution in [0.3, 0.4) is 0 Å². The second kappa shape index (κ2) is 11.0. The second-order valence-corrected chi connectivity index (χ2v) is 3.37. The van der Waals surface area contributed by atoms with Crippen LogP contribution < -0.4 is 0 Å². The molecule has 0 heterocycles. The van der Waals surface area contributed by atoms with E-state index in [0.717, 1.165) is 0 Å². The molecule has 0 aliphatic heterocycles. The fourth-order valence-corrected chi connectivity index (χ4v) is 1.33. The van der Waals surface area contributed by atoms with Gasteiger partial charge in [0.1, 0.15) is 0 Å². The molecule has 1 aliphatic carbocycles. The fraction of sp³-hybridized carbons (Fsp3) is 0.636. The Bertz CT molecular complexity index is 77.0. The molecule has 1 fully saturated rings. The second-order valence-electron chi connectivity index (χ2n) is 3.37. The van der Waals surface area contributed by atoms with Crippen molar-refractivity contribution in [3.8, 4) is 0 Å². The molecule has 1 rings (SSSR count). The van der Waals surface area contributed by atoms with Crippen molar-refractivity contribution in [2.75, 3.05) is 0 Å². The van der Waals surface area contributed by atoms with Crippen LogP contribution in [0.15, 0.2) is 13.2 Å². The SMILES string of the molecule is CC1(C)CCCC1.[CH-]=C.[CH-]=C.[Co+2]. The molecule has 0 nitrogen and oxygen atoms in total. The normalized spacial score (nSPS) is 17.2. The zero-order valence-electron chi connectivity index (χ0n) is 8.23. The van der Waals surface area contributed by atoms with Crippen molar-refractivity contribution in [2.45, 2.75) is 39.5 Å². The van der Waals surface area contributed by atoms with Crippen molar-refractivity contribution in [3.05, 3.63) is 26.3 Å². The summed E-state index contributed by atoms with van der Waals surface area (Å²) in [5.41, 5.74) is 0.694. The fourth-order valence-electron chi connectivity index (χ4n) is 1.33. The summed E-state index contributed by atoms with van der Waals surface area (Å²) in [5.74, 6) is 0. The van der Waals surface area contributed by atoms with Crippen LogP contribution in [0.25, 0.3) is 0 Å². The van der Waals surface area contributed by atoms with Gasteiger partial charge in [0.05, 0.1) is 0 Å². The third-order valence-electron chi connectivity index (χ3n) is 1.96. The van der Waals surface area contributed by atoms with Gasteiger partial charge in [0.25, 0.3) is 0 Å². The Hall–Kier alpha value is -0.0135. The van der Waals surface area contributed by atoms with Crippen LogP contribution in [0, 0.1) is 18.6 Å². The summed E-state index contributed by atoms with van der Waals surface area (Å²) in [5, 5.41) is 0. The van der Waals surface area contributed by atoms with Crippen LogP contribution in [0.1, 0.15) is 39.5 Å². The smallest absolute Gasteiger partial charge is 0.521 e. The minimum absolute atomic E-state index is 0. The van der Waals surface area contributed by atoms with E-state index in [4.69, 9.17) is 0 Å². The molecule has 0 bridgehead atoms. The first-order valence-corrected chi connectivity index (χ1v) is 4.02. The Morgan fingerprint density at radius 2 is 1.17 bits per heavy atom. The zero-order chi connectivity index (χ0) is 9.33. The predicted octanol–water partition coefficient (Wildman–Crippen LogP) is 3.79. The molecule has 0 saturated heterocycles. The van der Waals surface area contributed by atoms with Crippen LogP contribution >= 0.6 is 0 Å². The largest absolute Gasteiger partial charge is 2.00 e. The van der Waals surface area contributed by atoms with Crippen molar-refractivity contribution < 1.29 is 16.8 Å². The molecule has 1 heteroatoms. The van der Waals surface area contributed by atoms with Crippen LogP contribution in [-0.2, 0) is 16.8 Å². The summed E-state index contributed by atoms with van der Waals surface area (Å²) < 4.78 is 0. The van der Waals surface area contributed by atoms with Gasteiger partial charge in [0.15, 0.2) is 0 Å². The first-order valence-electron chi connectivity index (χ1n) is 4.02. The van der Waals surface area contributed by atoms with E-state index in [-0.39, 0.29) is 16.8 Å². The topological polar surface area (TPSA) is 0 Å². The van der Waals surface area contributed by atoms with Crippen LogP contribution in [-0.4, -0.2) is 0 Å². The standard InChI is InChI=1S/C7H14.2C2H3.Co/c1-7(2)5-3-4-6-7;2*1-2;/h3-6H2,1-2H3;2*1H,2H2;/q;2*-1;+2. The van der Waals surface area contributed by atoms with Gasteiger partial charge in [0, 0.05) is 0 Å². The van der Waals surface area contributed by atoms with E-state index in [1.165, 1.54) is 25.7 Å². The van der Waals surface area contributed by atoms with Crippen LogP contribution in [0.2, 0.25) is 0 Å². The Balaban J connectivity index is -0.000000144. The molecule has 0 amide bonds. The Morgan fingerprint density at radius 3 is 1.25 bits per heavy atom. The van der Waals surface area contributed by atoms with Gasteiger partial charge >= 0.3 is 16.8 Å². The molecule has 0 atom stereocenters. The first-order chi connectivity index (χ1) is 5.21. The van der Waals surface area contributed by atoms with E-state index in [2.05, 4.69) is 40.2 Å². The summed E-state index contributed by atoms with van der Waals surface area (Å²) in [6.07, 6.45) is 5.83. The van der Waals surface area contributed by atoms with Gasteiger partial charge in [-0.25, -0.2) is 0 Å². The van der Waals surface area contributed by atoms with Gasteiger partial charge in [-0.15, -0.1) is 0 Å². The molecular formula is C11H20Co. The summed E-state index contributed by atoms with van der Waals surface area (Å²) >= 11 is 0. The molecule has 0 unspecified atom stereocenters. The Labute approximate surface area is 88.3 Å². The molecule has 12 heavy (non-hydrogen) atoms. The van der Waals surface area contributed by atoms with Gasteiger partial charge in [-0.2, -0.15) is 0 Å². The predicted molar refractivity (Wildman–Crippen MR) is 52.1 cm³/mol. The zero-order valence-corrected chi connectivity index (χ0v) is 9.27. The van der Waals surface area contributed by atoms with Crippen molar-refractivity contribution >= 4 is 0 Å². The Kier molecular flexibility index (Phi) is 16.4. The van der Waals surface area contributed by atoms with E-state index in [9.17, 15) is 0 Å². The van der Waals surface area contributed by atoms with E-state index >= 15 is 0 Å². The van der Waals surface area contributed by atoms with E-state index < -0.39 is 0 Å². The van der Waals surface area contributed by atoms with Gasteiger partial charge < -0.3 is 13.2 Å². The maximum absolute atomic E-state index is 4.25. The molecule has 0 aromatic heterocycles. The molecular weight excluding hydrogens is 191 g/mol. The van der Waals surface area contributed by atoms with Crippen molar-refractivity contribution in [1.82, 2.24) is 0 Å². The van der Waals surface area contributed by atoms with Gasteiger partial charge in [-0.1, -0.05) is 26.7 Å². The van der Waals surface area contributed by atoms with Crippen LogP contribution in [0.5, 0.6) is 0 Å². The third-order valence-corrected chi connectivity index (χ3v) is 1.96. The van der Waals surface area contributed by atoms with E-state index in [1.807, 2.05) is 0 Å². The van der Waals surface area contributed by atoms with E-state index in [1.54, 1.807) is 0 Å². The third kappa shape index (κ3) is 9.99. The molecule has 1 radical (unpaired) electrons. The molecule has 1 saturated carbocycles. The molecule has 73 valence electrons. The average Bonchev–Trinajstić information content (AvgIpc) is 2.43. The first kappa shape index (κ1) is 17.9. The molecule has 1 aliphatic rings. The van der Waals surface area contributed by atoms with Crippen molar-refractivity contribution in [3.63, 3.8) is 0 Å². The maximum atomic E-state index is 4.25. The molecule has 0 aromatic rings. The van der Waals surface area contributed by atoms with Gasteiger partial charge in [-0.3, -0.25) is 13.2 Å². The summed E-state index contributed by atoms with van der Waals surface area (Å²) in [7, 11) is 0. The monoisotopic (exact) mass is 211 g/mol. The molecule has 0 aromatic carbocycles. The Morgan fingerprint density at radius 1 is 0.917 bits per heavy atom. The maximum Gasteiger partial charge on any atom is 2.00 e. The van der Waals surface area contributed by atoms with Crippen molar-refractivity contribution in [2.24, 2.45) is 5.41 Å². The van der Waals surface area contributed by atoms with Crippen molar-refractivity contribution in [1.29, 1.82) is 0 Å². The minimum Gasteiger partial charge on any atom is -0.521 e. The summed E-state index contributed by atoms with van der Waals surface area (Å²) in [6, 6.07) is 0. The summed E-state index contributed by atoms with van der Waals surface area (Å²) in [4.78, 5) is 0. The van der Waals surface area contributed by atoms with Gasteiger partial charge in [-0.05, 0) is 18.3 Å². The van der Waals surface area contributed by atoms with E-state index in [0.29, 0.717) is 5.41 Å². The average molecular weight is 211 g/mol. The number of rotatable bonds is 0. The quantitative estimate of drug-likeness (QED) is 0.535. The van der Waals surface area contributed by atoms with Crippen LogP contribution in [0.4, 0.5) is 0 Å². The number of hydrogen-bond donors (Lipinski definition) is 0. The molecule has 0 N–H and O–H groups in total. The number of hydrogen-bond acceptors (Lipinski definition) is 0. The molecule has 0 spiro atoms. The van der Waals surface area contributed by atoms with Gasteiger partial charge in [0.2, 0.25) is 0 Å². The minimum atomic E-state index is 0.